The Morgan fingerprint density at radius 1 is 1.30 bits per heavy atom. The Hall–Kier alpha value is -2.76. The van der Waals surface area contributed by atoms with E-state index >= 15 is 0 Å². The van der Waals surface area contributed by atoms with Gasteiger partial charge in [-0.15, -0.1) is 0 Å². The first kappa shape index (κ1) is 13.7. The van der Waals surface area contributed by atoms with Crippen molar-refractivity contribution in [1.82, 2.24) is 4.98 Å². The molecule has 0 fully saturated rings. The van der Waals surface area contributed by atoms with Crippen LogP contribution in [0.5, 0.6) is 5.75 Å². The standard InChI is InChI=1S/C14H13N3O3/c1-9-3-4-10(2)16-14(9)15-8-11-7-12(17(19)20)5-6-13(11)18/h3-8,18H,1-2H3/b15-8+. The van der Waals surface area contributed by atoms with Crippen molar-refractivity contribution >= 4 is 17.7 Å². The molecule has 1 heterocycles. The zero-order chi connectivity index (χ0) is 14.7. The van der Waals surface area contributed by atoms with Gasteiger partial charge in [0, 0.05) is 29.6 Å². The van der Waals surface area contributed by atoms with Crippen molar-refractivity contribution in [2.45, 2.75) is 13.8 Å². The number of hydrogen-bond donors (Lipinski definition) is 1. The number of phenolic OH excluding ortho intramolecular Hbond substituents is 1. The quantitative estimate of drug-likeness (QED) is 0.528. The summed E-state index contributed by atoms with van der Waals surface area (Å²) in [6.45, 7) is 3.72. The van der Waals surface area contributed by atoms with Crippen molar-refractivity contribution in [3.05, 3.63) is 57.3 Å². The van der Waals surface area contributed by atoms with E-state index in [1.165, 1.54) is 24.4 Å². The van der Waals surface area contributed by atoms with Gasteiger partial charge in [0.1, 0.15) is 5.75 Å². The monoisotopic (exact) mass is 271 g/mol. The fraction of sp³-hybridized carbons (Fsp3) is 0.143. The molecule has 2 rings (SSSR count). The smallest absolute Gasteiger partial charge is 0.270 e. The average molecular weight is 271 g/mol. The number of aryl methyl sites for hydroxylation is 2. The Balaban J connectivity index is 2.38. The average Bonchev–Trinajstić information content (AvgIpc) is 2.41. The molecule has 0 unspecified atom stereocenters. The number of aromatic hydroxyl groups is 1. The largest absolute Gasteiger partial charge is 0.507 e. The number of phenols is 1. The molecule has 0 bridgehead atoms. The van der Waals surface area contributed by atoms with Gasteiger partial charge < -0.3 is 5.11 Å². The molecular weight excluding hydrogens is 258 g/mol. The maximum absolute atomic E-state index is 10.7. The van der Waals surface area contributed by atoms with Gasteiger partial charge in [-0.25, -0.2) is 9.98 Å². The van der Waals surface area contributed by atoms with Gasteiger partial charge in [0.05, 0.1) is 4.92 Å². The molecule has 2 aromatic rings. The zero-order valence-corrected chi connectivity index (χ0v) is 11.1. The molecule has 102 valence electrons. The van der Waals surface area contributed by atoms with Gasteiger partial charge in [-0.1, -0.05) is 6.07 Å². The van der Waals surface area contributed by atoms with E-state index in [1.807, 2.05) is 26.0 Å². The molecule has 0 saturated heterocycles. The van der Waals surface area contributed by atoms with Gasteiger partial charge in [-0.3, -0.25) is 10.1 Å². The predicted molar refractivity (Wildman–Crippen MR) is 75.7 cm³/mol. The third-order valence-electron chi connectivity index (χ3n) is 2.76. The van der Waals surface area contributed by atoms with Crippen LogP contribution in [0.4, 0.5) is 11.5 Å². The summed E-state index contributed by atoms with van der Waals surface area (Å²) in [7, 11) is 0. The molecule has 0 amide bonds. The third kappa shape index (κ3) is 2.97. The van der Waals surface area contributed by atoms with E-state index in [2.05, 4.69) is 9.98 Å². The van der Waals surface area contributed by atoms with Crippen LogP contribution < -0.4 is 0 Å². The second-order valence-electron chi connectivity index (χ2n) is 4.35. The van der Waals surface area contributed by atoms with Gasteiger partial charge in [-0.05, 0) is 31.5 Å². The number of rotatable bonds is 3. The molecule has 0 aliphatic heterocycles. The molecule has 0 spiro atoms. The minimum Gasteiger partial charge on any atom is -0.507 e. The molecule has 0 radical (unpaired) electrons. The van der Waals surface area contributed by atoms with Crippen LogP contribution in [0.1, 0.15) is 16.8 Å². The number of non-ortho nitro benzene ring substituents is 1. The second kappa shape index (κ2) is 5.48. The van der Waals surface area contributed by atoms with Crippen LogP contribution >= 0.6 is 0 Å². The van der Waals surface area contributed by atoms with E-state index in [4.69, 9.17) is 0 Å². The number of nitrogens with zero attached hydrogens (tertiary/aromatic N) is 3. The molecule has 1 aromatic carbocycles. The minimum atomic E-state index is -0.521. The summed E-state index contributed by atoms with van der Waals surface area (Å²) < 4.78 is 0. The number of pyridine rings is 1. The molecule has 1 aromatic heterocycles. The second-order valence-corrected chi connectivity index (χ2v) is 4.35. The lowest BCUT2D eigenvalue weighted by Crippen LogP contribution is -1.91. The third-order valence-corrected chi connectivity index (χ3v) is 2.76. The van der Waals surface area contributed by atoms with Crippen molar-refractivity contribution in [2.75, 3.05) is 0 Å². The Morgan fingerprint density at radius 3 is 2.75 bits per heavy atom. The van der Waals surface area contributed by atoms with E-state index in [0.29, 0.717) is 5.82 Å². The number of aliphatic imine (C=N–C) groups is 1. The highest BCUT2D eigenvalue weighted by Gasteiger charge is 2.09. The normalized spacial score (nSPS) is 10.9. The Morgan fingerprint density at radius 2 is 2.05 bits per heavy atom. The minimum absolute atomic E-state index is 0.0651. The van der Waals surface area contributed by atoms with Crippen LogP contribution in [0.15, 0.2) is 35.3 Å². The highest BCUT2D eigenvalue weighted by atomic mass is 16.6. The first-order valence-corrected chi connectivity index (χ1v) is 5.93. The van der Waals surface area contributed by atoms with Gasteiger partial charge in [0.2, 0.25) is 0 Å². The summed E-state index contributed by atoms with van der Waals surface area (Å²) >= 11 is 0. The van der Waals surface area contributed by atoms with Crippen molar-refractivity contribution in [1.29, 1.82) is 0 Å². The number of nitro benzene ring substituents is 1. The van der Waals surface area contributed by atoms with Crippen LogP contribution in [-0.4, -0.2) is 21.2 Å². The van der Waals surface area contributed by atoms with Crippen molar-refractivity contribution < 1.29 is 10.0 Å². The molecule has 0 saturated carbocycles. The number of aromatic nitrogens is 1. The highest BCUT2D eigenvalue weighted by molar-refractivity contribution is 5.86. The van der Waals surface area contributed by atoms with Crippen molar-refractivity contribution in [3.8, 4) is 5.75 Å². The van der Waals surface area contributed by atoms with Crippen LogP contribution in [-0.2, 0) is 0 Å². The fourth-order valence-corrected chi connectivity index (χ4v) is 1.63. The summed E-state index contributed by atoms with van der Waals surface area (Å²) in [6, 6.07) is 7.55. The molecule has 1 N–H and O–H groups in total. The maximum atomic E-state index is 10.7. The molecule has 0 aliphatic rings. The van der Waals surface area contributed by atoms with E-state index in [9.17, 15) is 15.2 Å². The first-order chi connectivity index (χ1) is 9.47. The summed E-state index contributed by atoms with van der Waals surface area (Å²) in [5.41, 5.74) is 1.89. The van der Waals surface area contributed by atoms with E-state index in [1.54, 1.807) is 0 Å². The zero-order valence-electron chi connectivity index (χ0n) is 11.1. The fourth-order valence-electron chi connectivity index (χ4n) is 1.63. The van der Waals surface area contributed by atoms with Crippen LogP contribution in [0.25, 0.3) is 0 Å². The van der Waals surface area contributed by atoms with Crippen molar-refractivity contribution in [2.24, 2.45) is 4.99 Å². The van der Waals surface area contributed by atoms with Gasteiger partial charge >= 0.3 is 0 Å². The Labute approximate surface area is 115 Å². The Bertz CT molecular complexity index is 696. The molecule has 0 aliphatic carbocycles. The predicted octanol–water partition coefficient (Wildman–Crippen LogP) is 3.06. The number of benzene rings is 1. The van der Waals surface area contributed by atoms with Crippen LogP contribution in [0, 0.1) is 24.0 Å². The molecule has 0 atom stereocenters. The van der Waals surface area contributed by atoms with Crippen LogP contribution in [0.2, 0.25) is 0 Å². The first-order valence-electron chi connectivity index (χ1n) is 5.93. The Kier molecular flexibility index (Phi) is 3.74. The molecule has 20 heavy (non-hydrogen) atoms. The summed E-state index contributed by atoms with van der Waals surface area (Å²) in [6.07, 6.45) is 1.37. The van der Waals surface area contributed by atoms with Crippen LogP contribution in [0.3, 0.4) is 0 Å². The number of hydrogen-bond acceptors (Lipinski definition) is 5. The summed E-state index contributed by atoms with van der Waals surface area (Å²) in [5.74, 6) is 0.459. The summed E-state index contributed by atoms with van der Waals surface area (Å²) in [4.78, 5) is 18.6. The van der Waals surface area contributed by atoms with Crippen molar-refractivity contribution in [3.63, 3.8) is 0 Å². The maximum Gasteiger partial charge on any atom is 0.270 e. The van der Waals surface area contributed by atoms with E-state index < -0.39 is 4.92 Å². The van der Waals surface area contributed by atoms with E-state index in [0.717, 1.165) is 11.3 Å². The number of nitro groups is 1. The van der Waals surface area contributed by atoms with E-state index in [-0.39, 0.29) is 17.0 Å². The molecule has 6 nitrogen and oxygen atoms in total. The highest BCUT2D eigenvalue weighted by Crippen LogP contribution is 2.22. The topological polar surface area (TPSA) is 88.6 Å². The lowest BCUT2D eigenvalue weighted by atomic mass is 10.2. The van der Waals surface area contributed by atoms with Gasteiger partial charge in [0.25, 0.3) is 5.69 Å². The molecule has 6 heteroatoms. The lowest BCUT2D eigenvalue weighted by Gasteiger charge is -2.01. The molecular formula is C14H13N3O3. The van der Waals surface area contributed by atoms with Gasteiger partial charge in [0.15, 0.2) is 5.82 Å². The lowest BCUT2D eigenvalue weighted by molar-refractivity contribution is -0.384. The SMILES string of the molecule is Cc1ccc(C)c(/N=C/c2cc([N+](=O)[O-])ccc2O)n1. The van der Waals surface area contributed by atoms with Gasteiger partial charge in [-0.2, -0.15) is 0 Å². The summed E-state index contributed by atoms with van der Waals surface area (Å²) in [5, 5.41) is 20.4.